The summed E-state index contributed by atoms with van der Waals surface area (Å²) in [6.45, 7) is 0. The largest absolute Gasteiger partial charge is 0.478 e. The molecule has 4 N–H and O–H groups in total. The molecule has 2 aromatic heterocycles. The highest BCUT2D eigenvalue weighted by atomic mass is 35.5. The van der Waals surface area contributed by atoms with Crippen molar-refractivity contribution >= 4 is 35.4 Å². The molecule has 0 radical (unpaired) electrons. The van der Waals surface area contributed by atoms with Crippen LogP contribution in [0.2, 0.25) is 0 Å². The fourth-order valence-corrected chi connectivity index (χ4v) is 3.62. The van der Waals surface area contributed by atoms with E-state index in [1.807, 2.05) is 0 Å². The molecule has 2 heterocycles. The standard InChI is InChI=1S/C21H21N5O3.ClH/c1-26-18(13-6-5-7-14(12-13)20(27)28)25-16-17(22)23-15(24-19(16)26)8-11-21(29)9-3-2-4-10-21;/h5-7,12,29H,2-4,9-10H2,1H3,(H,27,28)(H2,22,23,24);1H. The first-order valence-electron chi connectivity index (χ1n) is 9.45. The van der Waals surface area contributed by atoms with Gasteiger partial charge in [0.25, 0.3) is 0 Å². The molecule has 1 aliphatic rings. The molecule has 0 spiro atoms. The number of aryl methyl sites for hydroxylation is 1. The van der Waals surface area contributed by atoms with Crippen molar-refractivity contribution in [3.63, 3.8) is 0 Å². The molecule has 0 atom stereocenters. The van der Waals surface area contributed by atoms with Crippen LogP contribution in [0.25, 0.3) is 22.6 Å². The quantitative estimate of drug-likeness (QED) is 0.536. The van der Waals surface area contributed by atoms with E-state index in [9.17, 15) is 15.0 Å². The lowest BCUT2D eigenvalue weighted by Gasteiger charge is -2.26. The lowest BCUT2D eigenvalue weighted by atomic mass is 9.85. The first-order chi connectivity index (χ1) is 13.9. The van der Waals surface area contributed by atoms with Gasteiger partial charge in [-0.25, -0.2) is 19.7 Å². The van der Waals surface area contributed by atoms with Gasteiger partial charge in [0.15, 0.2) is 17.0 Å². The molecular formula is C21H22ClN5O3. The summed E-state index contributed by atoms with van der Waals surface area (Å²) in [6.07, 6.45) is 4.31. The lowest BCUT2D eigenvalue weighted by Crippen LogP contribution is -2.29. The number of rotatable bonds is 2. The molecule has 3 aromatic rings. The van der Waals surface area contributed by atoms with Gasteiger partial charge in [-0.2, -0.15) is 0 Å². The first-order valence-corrected chi connectivity index (χ1v) is 9.45. The second-order valence-corrected chi connectivity index (χ2v) is 7.33. The Kier molecular flexibility index (Phi) is 5.97. The number of nitrogens with zero attached hydrogens (tertiary/aromatic N) is 4. The van der Waals surface area contributed by atoms with E-state index in [0.717, 1.165) is 19.3 Å². The number of aliphatic hydroxyl groups is 1. The number of carboxylic acids is 1. The maximum atomic E-state index is 11.3. The van der Waals surface area contributed by atoms with E-state index in [4.69, 9.17) is 5.73 Å². The molecule has 0 unspecified atom stereocenters. The molecule has 0 amide bonds. The monoisotopic (exact) mass is 427 g/mol. The highest BCUT2D eigenvalue weighted by Crippen LogP contribution is 2.28. The summed E-state index contributed by atoms with van der Waals surface area (Å²) in [7, 11) is 1.77. The van der Waals surface area contributed by atoms with E-state index in [2.05, 4.69) is 26.8 Å². The van der Waals surface area contributed by atoms with E-state index in [1.165, 1.54) is 6.07 Å². The number of hydrogen-bond donors (Lipinski definition) is 3. The maximum absolute atomic E-state index is 11.3. The zero-order valence-corrected chi connectivity index (χ0v) is 17.2. The summed E-state index contributed by atoms with van der Waals surface area (Å²) < 4.78 is 1.73. The summed E-state index contributed by atoms with van der Waals surface area (Å²) in [5, 5.41) is 19.8. The number of anilines is 1. The van der Waals surface area contributed by atoms with Crippen LogP contribution in [0.5, 0.6) is 0 Å². The minimum absolute atomic E-state index is 0. The van der Waals surface area contributed by atoms with E-state index < -0.39 is 11.6 Å². The smallest absolute Gasteiger partial charge is 0.335 e. The summed E-state index contributed by atoms with van der Waals surface area (Å²) >= 11 is 0. The van der Waals surface area contributed by atoms with Crippen LogP contribution in [0.3, 0.4) is 0 Å². The zero-order valence-electron chi connectivity index (χ0n) is 16.4. The summed E-state index contributed by atoms with van der Waals surface area (Å²) in [4.78, 5) is 24.5. The predicted octanol–water partition coefficient (Wildman–Crippen LogP) is 2.78. The van der Waals surface area contributed by atoms with Gasteiger partial charge in [0.1, 0.15) is 11.4 Å². The van der Waals surface area contributed by atoms with Crippen molar-refractivity contribution in [1.29, 1.82) is 0 Å². The third kappa shape index (κ3) is 4.08. The normalized spacial score (nSPS) is 15.1. The first kappa shape index (κ1) is 21.6. The zero-order chi connectivity index (χ0) is 20.6. The molecule has 156 valence electrons. The van der Waals surface area contributed by atoms with Crippen molar-refractivity contribution in [1.82, 2.24) is 19.5 Å². The van der Waals surface area contributed by atoms with E-state index >= 15 is 0 Å². The molecular weight excluding hydrogens is 406 g/mol. The van der Waals surface area contributed by atoms with Gasteiger partial charge >= 0.3 is 5.97 Å². The molecule has 1 fully saturated rings. The Hall–Kier alpha value is -3.15. The third-order valence-corrected chi connectivity index (χ3v) is 5.20. The number of nitrogens with two attached hydrogens (primary N) is 1. The average Bonchev–Trinajstić information content (AvgIpc) is 3.04. The van der Waals surface area contributed by atoms with Crippen LogP contribution in [0.15, 0.2) is 24.3 Å². The van der Waals surface area contributed by atoms with Crippen LogP contribution in [-0.4, -0.2) is 41.3 Å². The van der Waals surface area contributed by atoms with Gasteiger partial charge in [0, 0.05) is 12.6 Å². The Morgan fingerprint density at radius 2 is 1.93 bits per heavy atom. The molecule has 0 bridgehead atoms. The SMILES string of the molecule is Cl.Cn1c(-c2cccc(C(=O)O)c2)nc2c(N)nc(C#CC3(O)CCCCC3)nc21. The highest BCUT2D eigenvalue weighted by molar-refractivity contribution is 5.90. The predicted molar refractivity (Wildman–Crippen MR) is 115 cm³/mol. The Bertz CT molecular complexity index is 1170. The van der Waals surface area contributed by atoms with E-state index in [1.54, 1.807) is 29.8 Å². The second kappa shape index (κ2) is 8.30. The van der Waals surface area contributed by atoms with Crippen molar-refractivity contribution in [2.45, 2.75) is 37.7 Å². The molecule has 1 aromatic carbocycles. The number of imidazole rings is 1. The number of carbonyl (C=O) groups is 1. The molecule has 1 saturated carbocycles. The third-order valence-electron chi connectivity index (χ3n) is 5.20. The van der Waals surface area contributed by atoms with Crippen LogP contribution in [0.1, 0.15) is 48.3 Å². The number of halogens is 1. The van der Waals surface area contributed by atoms with Gasteiger partial charge in [-0.3, -0.25) is 0 Å². The topological polar surface area (TPSA) is 127 Å². The van der Waals surface area contributed by atoms with Gasteiger partial charge in [0.05, 0.1) is 5.56 Å². The van der Waals surface area contributed by atoms with Crippen LogP contribution in [0, 0.1) is 11.8 Å². The summed E-state index contributed by atoms with van der Waals surface area (Å²) in [6, 6.07) is 6.50. The van der Waals surface area contributed by atoms with Crippen molar-refractivity contribution in [2.24, 2.45) is 7.05 Å². The second-order valence-electron chi connectivity index (χ2n) is 7.33. The van der Waals surface area contributed by atoms with Crippen molar-refractivity contribution < 1.29 is 15.0 Å². The van der Waals surface area contributed by atoms with Gasteiger partial charge < -0.3 is 20.5 Å². The number of fused-ring (bicyclic) bond motifs is 1. The van der Waals surface area contributed by atoms with Crippen LogP contribution < -0.4 is 5.73 Å². The number of nitrogen functional groups attached to an aromatic ring is 1. The molecule has 1 aliphatic carbocycles. The van der Waals surface area contributed by atoms with Gasteiger partial charge in [-0.15, -0.1) is 12.4 Å². The lowest BCUT2D eigenvalue weighted by molar-refractivity contribution is 0.0609. The van der Waals surface area contributed by atoms with E-state index in [-0.39, 0.29) is 29.6 Å². The van der Waals surface area contributed by atoms with Crippen molar-refractivity contribution in [3.8, 4) is 23.2 Å². The minimum Gasteiger partial charge on any atom is -0.478 e. The molecule has 9 heteroatoms. The summed E-state index contributed by atoms with van der Waals surface area (Å²) in [5.41, 5.74) is 6.80. The Morgan fingerprint density at radius 3 is 2.63 bits per heavy atom. The fraction of sp³-hybridized carbons (Fsp3) is 0.333. The van der Waals surface area contributed by atoms with Crippen molar-refractivity contribution in [2.75, 3.05) is 5.73 Å². The summed E-state index contributed by atoms with van der Waals surface area (Å²) in [5.74, 6) is 5.71. The Labute approximate surface area is 179 Å². The van der Waals surface area contributed by atoms with Gasteiger partial charge in [-0.05, 0) is 43.7 Å². The van der Waals surface area contributed by atoms with Gasteiger partial charge in [-0.1, -0.05) is 24.5 Å². The Balaban J connectivity index is 0.00000256. The molecule has 0 saturated heterocycles. The average molecular weight is 428 g/mol. The minimum atomic E-state index is -1.01. The van der Waals surface area contributed by atoms with Crippen molar-refractivity contribution in [3.05, 3.63) is 35.7 Å². The van der Waals surface area contributed by atoms with Gasteiger partial charge in [0.2, 0.25) is 5.82 Å². The number of benzene rings is 1. The number of hydrogen-bond acceptors (Lipinski definition) is 6. The molecule has 30 heavy (non-hydrogen) atoms. The fourth-order valence-electron chi connectivity index (χ4n) is 3.62. The molecule has 8 nitrogen and oxygen atoms in total. The van der Waals surface area contributed by atoms with Crippen LogP contribution >= 0.6 is 12.4 Å². The Morgan fingerprint density at radius 1 is 1.20 bits per heavy atom. The van der Waals surface area contributed by atoms with Crippen LogP contribution in [0.4, 0.5) is 5.82 Å². The molecule has 4 rings (SSSR count). The van der Waals surface area contributed by atoms with E-state index in [0.29, 0.717) is 35.4 Å². The van der Waals surface area contributed by atoms with Crippen LogP contribution in [-0.2, 0) is 7.05 Å². The highest BCUT2D eigenvalue weighted by Gasteiger charge is 2.26. The maximum Gasteiger partial charge on any atom is 0.335 e. The number of aromatic carboxylic acids is 1. The number of carboxylic acid groups (broad SMARTS) is 1. The molecule has 0 aliphatic heterocycles. The number of aromatic nitrogens is 4.